The van der Waals surface area contributed by atoms with Gasteiger partial charge in [-0.05, 0) is 122 Å². The Bertz CT molecular complexity index is 1490. The number of hydrogen-bond acceptors (Lipinski definition) is 6. The third-order valence-corrected chi connectivity index (χ3v) is 13.8. The third kappa shape index (κ3) is 61.2. The minimum atomic E-state index is -0.794. The first kappa shape index (κ1) is 72.3. The summed E-state index contributed by atoms with van der Waals surface area (Å²) in [5, 5.41) is 0. The molecule has 0 aromatic heterocycles. The predicted molar refractivity (Wildman–Crippen MR) is 330 cm³/mol. The second-order valence-electron chi connectivity index (χ2n) is 21.3. The molecule has 0 aliphatic heterocycles. The molecule has 0 aliphatic carbocycles. The molecule has 436 valence electrons. The van der Waals surface area contributed by atoms with E-state index in [9.17, 15) is 14.4 Å². The maximum absolute atomic E-state index is 12.9. The average Bonchev–Trinajstić information content (AvgIpc) is 3.42. The van der Waals surface area contributed by atoms with Crippen molar-refractivity contribution in [2.24, 2.45) is 0 Å². The van der Waals surface area contributed by atoms with Gasteiger partial charge in [0.15, 0.2) is 6.10 Å². The SMILES string of the molecule is CC/C=C\C/C=C\C/C=C\C/C=C\C/C=C\C/C=C\CCCCCCC(=O)OCC(COC(=O)CCCCCCC/C=C\CCCCC)OC(=O)CCCCCCCCCCCCC/C=C\CCCCCCCCCC. The molecule has 0 aliphatic rings. The summed E-state index contributed by atoms with van der Waals surface area (Å²) in [6, 6.07) is 0. The van der Waals surface area contributed by atoms with Crippen molar-refractivity contribution in [3.63, 3.8) is 0 Å². The number of carbonyl (C=O) groups is 3. The van der Waals surface area contributed by atoms with E-state index >= 15 is 0 Å². The second-order valence-corrected chi connectivity index (χ2v) is 21.3. The van der Waals surface area contributed by atoms with Gasteiger partial charge in [0, 0.05) is 19.3 Å². The van der Waals surface area contributed by atoms with Gasteiger partial charge in [0.25, 0.3) is 0 Å². The molecule has 0 amide bonds. The lowest BCUT2D eigenvalue weighted by Gasteiger charge is -2.18. The molecule has 76 heavy (non-hydrogen) atoms. The van der Waals surface area contributed by atoms with Crippen LogP contribution in [0.5, 0.6) is 0 Å². The molecule has 0 saturated carbocycles. The molecule has 0 fully saturated rings. The van der Waals surface area contributed by atoms with Crippen molar-refractivity contribution < 1.29 is 28.6 Å². The molecule has 6 nitrogen and oxygen atoms in total. The van der Waals surface area contributed by atoms with Crippen LogP contribution < -0.4 is 0 Å². The van der Waals surface area contributed by atoms with Gasteiger partial charge in [0.05, 0.1) is 0 Å². The summed E-state index contributed by atoms with van der Waals surface area (Å²) in [6.07, 6.45) is 85.6. The molecule has 0 N–H and O–H groups in total. The molecule has 0 heterocycles. The monoisotopic (exact) mass is 1060 g/mol. The average molecular weight is 1060 g/mol. The van der Waals surface area contributed by atoms with Crippen LogP contribution in [0, 0.1) is 0 Å². The summed E-state index contributed by atoms with van der Waals surface area (Å²) >= 11 is 0. The minimum absolute atomic E-state index is 0.0898. The fourth-order valence-corrected chi connectivity index (χ4v) is 8.97. The highest BCUT2D eigenvalue weighted by Gasteiger charge is 2.19. The maximum Gasteiger partial charge on any atom is 0.306 e. The van der Waals surface area contributed by atoms with Crippen molar-refractivity contribution in [2.75, 3.05) is 13.2 Å². The molecule has 0 spiro atoms. The lowest BCUT2D eigenvalue weighted by molar-refractivity contribution is -0.167. The molecule has 6 heteroatoms. The zero-order chi connectivity index (χ0) is 55.0. The van der Waals surface area contributed by atoms with Crippen molar-refractivity contribution in [1.29, 1.82) is 0 Å². The molecular formula is C70H120O6. The van der Waals surface area contributed by atoms with Crippen LogP contribution in [0.3, 0.4) is 0 Å². The predicted octanol–water partition coefficient (Wildman–Crippen LogP) is 22.0. The Balaban J connectivity index is 4.36. The van der Waals surface area contributed by atoms with Crippen LogP contribution in [0.25, 0.3) is 0 Å². The fraction of sp³-hybridized carbons (Fsp3) is 0.729. The normalized spacial score (nSPS) is 12.7. The van der Waals surface area contributed by atoms with Gasteiger partial charge in [-0.1, -0.05) is 266 Å². The minimum Gasteiger partial charge on any atom is -0.462 e. The lowest BCUT2D eigenvalue weighted by atomic mass is 10.0. The van der Waals surface area contributed by atoms with E-state index in [1.807, 2.05) is 0 Å². The number of esters is 3. The molecule has 0 aromatic rings. The van der Waals surface area contributed by atoms with E-state index in [0.717, 1.165) is 116 Å². The van der Waals surface area contributed by atoms with Crippen LogP contribution in [0.1, 0.15) is 310 Å². The van der Waals surface area contributed by atoms with Gasteiger partial charge in [0.1, 0.15) is 13.2 Å². The standard InChI is InChI=1S/C70H120O6/c1-4-7-10-13-16-19-22-25-27-29-31-33-35-37-39-41-43-45-48-51-54-57-60-63-69(72)75-66-67(65-74-68(71)62-59-56-53-50-47-24-21-18-15-12-9-6-3)76-70(73)64-61-58-55-52-49-46-44-42-40-38-36-34-32-30-28-26-23-20-17-14-11-8-5-2/h7,10,16,18-19,21,25,27,30-33,37,39,43,45,67H,4-6,8-9,11-15,17,20,22-24,26,28-29,34-36,38,40-42,44,46-66H2,1-3H3/b10-7-,19-16-,21-18-,27-25-,32-30-,33-31-,39-37-,45-43-. The summed E-state index contributed by atoms with van der Waals surface area (Å²) < 4.78 is 16.9. The van der Waals surface area contributed by atoms with Gasteiger partial charge >= 0.3 is 17.9 Å². The summed E-state index contributed by atoms with van der Waals surface area (Å²) in [6.45, 7) is 6.50. The highest BCUT2D eigenvalue weighted by Crippen LogP contribution is 2.16. The number of carbonyl (C=O) groups excluding carboxylic acids is 3. The van der Waals surface area contributed by atoms with Gasteiger partial charge in [-0.15, -0.1) is 0 Å². The van der Waals surface area contributed by atoms with Gasteiger partial charge < -0.3 is 14.2 Å². The van der Waals surface area contributed by atoms with Gasteiger partial charge in [-0.25, -0.2) is 0 Å². The molecule has 0 bridgehead atoms. The number of hydrogen-bond donors (Lipinski definition) is 0. The molecule has 0 radical (unpaired) electrons. The fourth-order valence-electron chi connectivity index (χ4n) is 8.97. The smallest absolute Gasteiger partial charge is 0.306 e. The zero-order valence-corrected chi connectivity index (χ0v) is 50.0. The van der Waals surface area contributed by atoms with Crippen LogP contribution in [0.4, 0.5) is 0 Å². The van der Waals surface area contributed by atoms with E-state index in [1.54, 1.807) is 0 Å². The Morgan fingerprint density at radius 2 is 0.513 bits per heavy atom. The van der Waals surface area contributed by atoms with Crippen LogP contribution in [0.2, 0.25) is 0 Å². The van der Waals surface area contributed by atoms with Gasteiger partial charge in [-0.2, -0.15) is 0 Å². The van der Waals surface area contributed by atoms with Crippen molar-refractivity contribution in [1.82, 2.24) is 0 Å². The van der Waals surface area contributed by atoms with Crippen molar-refractivity contribution >= 4 is 17.9 Å². The Kier molecular flexibility index (Phi) is 60.8. The van der Waals surface area contributed by atoms with Crippen molar-refractivity contribution in [2.45, 2.75) is 316 Å². The molecule has 1 atom stereocenters. The Hall–Kier alpha value is -3.67. The molecule has 1 unspecified atom stereocenters. The van der Waals surface area contributed by atoms with E-state index < -0.39 is 6.10 Å². The number of unbranched alkanes of at least 4 members (excludes halogenated alkanes) is 31. The zero-order valence-electron chi connectivity index (χ0n) is 50.0. The summed E-state index contributed by atoms with van der Waals surface area (Å²) in [5.74, 6) is -0.916. The molecule has 0 saturated heterocycles. The second kappa shape index (κ2) is 63.9. The largest absolute Gasteiger partial charge is 0.462 e. The van der Waals surface area contributed by atoms with Crippen LogP contribution in [-0.2, 0) is 28.6 Å². The van der Waals surface area contributed by atoms with Crippen LogP contribution >= 0.6 is 0 Å². The summed E-state index contributed by atoms with van der Waals surface area (Å²) in [5.41, 5.74) is 0. The van der Waals surface area contributed by atoms with E-state index in [-0.39, 0.29) is 31.1 Å². The van der Waals surface area contributed by atoms with Gasteiger partial charge in [-0.3, -0.25) is 14.4 Å². The Morgan fingerprint density at radius 1 is 0.276 bits per heavy atom. The number of allylic oxidation sites excluding steroid dienone is 16. The summed E-state index contributed by atoms with van der Waals surface area (Å²) in [4.78, 5) is 38.3. The van der Waals surface area contributed by atoms with E-state index in [2.05, 4.69) is 118 Å². The number of rotatable bonds is 58. The molecule has 0 rings (SSSR count). The summed E-state index contributed by atoms with van der Waals surface area (Å²) in [7, 11) is 0. The van der Waals surface area contributed by atoms with Crippen LogP contribution in [0.15, 0.2) is 97.2 Å². The first-order chi connectivity index (χ1) is 37.5. The first-order valence-corrected chi connectivity index (χ1v) is 32.2. The maximum atomic E-state index is 12.9. The van der Waals surface area contributed by atoms with E-state index in [0.29, 0.717) is 19.3 Å². The number of ether oxygens (including phenoxy) is 3. The highest BCUT2D eigenvalue weighted by atomic mass is 16.6. The first-order valence-electron chi connectivity index (χ1n) is 32.2. The lowest BCUT2D eigenvalue weighted by Crippen LogP contribution is -2.30. The quantitative estimate of drug-likeness (QED) is 0.0261. The van der Waals surface area contributed by atoms with Crippen LogP contribution in [-0.4, -0.2) is 37.2 Å². The molecular weight excluding hydrogens is 937 g/mol. The van der Waals surface area contributed by atoms with E-state index in [4.69, 9.17) is 14.2 Å². The van der Waals surface area contributed by atoms with Crippen molar-refractivity contribution in [3.05, 3.63) is 97.2 Å². The Labute approximate surface area is 470 Å². The third-order valence-electron chi connectivity index (χ3n) is 13.8. The van der Waals surface area contributed by atoms with Crippen molar-refractivity contribution in [3.8, 4) is 0 Å². The Morgan fingerprint density at radius 3 is 0.842 bits per heavy atom. The van der Waals surface area contributed by atoms with Gasteiger partial charge in [0.2, 0.25) is 0 Å². The molecule has 0 aromatic carbocycles. The topological polar surface area (TPSA) is 78.9 Å². The highest BCUT2D eigenvalue weighted by molar-refractivity contribution is 5.71. The van der Waals surface area contributed by atoms with E-state index in [1.165, 1.54) is 154 Å².